The van der Waals surface area contributed by atoms with Crippen LogP contribution < -0.4 is 5.32 Å². The van der Waals surface area contributed by atoms with Gasteiger partial charge in [0.15, 0.2) is 0 Å². The average Bonchev–Trinajstić information content (AvgIpc) is 2.68. The zero-order chi connectivity index (χ0) is 18.5. The Bertz CT molecular complexity index is 844. The molecule has 0 unspecified atom stereocenters. The summed E-state index contributed by atoms with van der Waals surface area (Å²) >= 11 is 0. The Morgan fingerprint density at radius 1 is 1.12 bits per heavy atom. The van der Waals surface area contributed by atoms with Crippen LogP contribution in [-0.2, 0) is 4.79 Å². The number of nitrogens with zero attached hydrogens (tertiary/aromatic N) is 2. The molecule has 0 bridgehead atoms. The molecular formula is C21H21N3O2. The maximum atomic E-state index is 12.6. The monoisotopic (exact) mass is 347 g/mol. The van der Waals surface area contributed by atoms with Crippen LogP contribution in [0.15, 0.2) is 48.5 Å². The highest BCUT2D eigenvalue weighted by Gasteiger charge is 2.27. The van der Waals surface area contributed by atoms with E-state index < -0.39 is 0 Å². The molecule has 1 fully saturated rings. The number of amides is 2. The van der Waals surface area contributed by atoms with E-state index in [0.29, 0.717) is 42.7 Å². The largest absolute Gasteiger partial charge is 0.339 e. The van der Waals surface area contributed by atoms with Crippen LogP contribution in [0.5, 0.6) is 0 Å². The fourth-order valence-electron chi connectivity index (χ4n) is 3.18. The number of likely N-dealkylation sites (tertiary alicyclic amines) is 1. The number of aryl methyl sites for hydroxylation is 1. The van der Waals surface area contributed by atoms with Crippen molar-refractivity contribution < 1.29 is 9.59 Å². The fourth-order valence-corrected chi connectivity index (χ4v) is 3.18. The highest BCUT2D eigenvalue weighted by Crippen LogP contribution is 2.21. The first-order valence-electron chi connectivity index (χ1n) is 8.74. The Labute approximate surface area is 153 Å². The minimum absolute atomic E-state index is 0.0275. The summed E-state index contributed by atoms with van der Waals surface area (Å²) in [5, 5.41) is 11.7. The lowest BCUT2D eigenvalue weighted by atomic mass is 9.95. The maximum Gasteiger partial charge on any atom is 0.253 e. The topological polar surface area (TPSA) is 73.2 Å². The van der Waals surface area contributed by atoms with Gasteiger partial charge in [-0.25, -0.2) is 0 Å². The van der Waals surface area contributed by atoms with Crippen LogP contribution in [0.4, 0.5) is 5.69 Å². The van der Waals surface area contributed by atoms with E-state index >= 15 is 0 Å². The zero-order valence-corrected chi connectivity index (χ0v) is 14.7. The van der Waals surface area contributed by atoms with Crippen LogP contribution in [0.3, 0.4) is 0 Å². The van der Waals surface area contributed by atoms with Crippen LogP contribution in [0, 0.1) is 24.2 Å². The van der Waals surface area contributed by atoms with Crippen molar-refractivity contribution >= 4 is 17.5 Å². The Kier molecular flexibility index (Phi) is 5.33. The molecule has 1 aliphatic heterocycles. The lowest BCUT2D eigenvalue weighted by molar-refractivity contribution is -0.121. The van der Waals surface area contributed by atoms with Gasteiger partial charge in [0.05, 0.1) is 11.6 Å². The second-order valence-electron chi connectivity index (χ2n) is 6.61. The van der Waals surface area contributed by atoms with E-state index in [1.54, 1.807) is 24.3 Å². The van der Waals surface area contributed by atoms with Gasteiger partial charge in [0.1, 0.15) is 0 Å². The second kappa shape index (κ2) is 7.83. The van der Waals surface area contributed by atoms with Gasteiger partial charge < -0.3 is 10.2 Å². The van der Waals surface area contributed by atoms with Crippen molar-refractivity contribution in [3.8, 4) is 6.07 Å². The number of piperidine rings is 1. The van der Waals surface area contributed by atoms with Crippen LogP contribution in [0.1, 0.15) is 34.3 Å². The number of anilines is 1. The Morgan fingerprint density at radius 2 is 1.81 bits per heavy atom. The molecule has 5 nitrogen and oxygen atoms in total. The van der Waals surface area contributed by atoms with Crippen molar-refractivity contribution in [2.45, 2.75) is 19.8 Å². The number of benzene rings is 2. The molecule has 0 aliphatic carbocycles. The molecule has 1 saturated heterocycles. The quantitative estimate of drug-likeness (QED) is 0.925. The number of hydrogen-bond donors (Lipinski definition) is 1. The first-order valence-corrected chi connectivity index (χ1v) is 8.74. The second-order valence-corrected chi connectivity index (χ2v) is 6.61. The van der Waals surface area contributed by atoms with Gasteiger partial charge in [-0.3, -0.25) is 9.59 Å². The summed E-state index contributed by atoms with van der Waals surface area (Å²) < 4.78 is 0. The molecule has 0 radical (unpaired) electrons. The molecule has 0 saturated carbocycles. The molecule has 1 aliphatic rings. The van der Waals surface area contributed by atoms with Crippen LogP contribution in [0.2, 0.25) is 0 Å². The van der Waals surface area contributed by atoms with Crippen LogP contribution in [-0.4, -0.2) is 29.8 Å². The normalized spacial score (nSPS) is 14.5. The first kappa shape index (κ1) is 17.7. The predicted octanol–water partition coefficient (Wildman–Crippen LogP) is 3.36. The Morgan fingerprint density at radius 3 is 2.42 bits per heavy atom. The van der Waals surface area contributed by atoms with Gasteiger partial charge in [-0.1, -0.05) is 17.7 Å². The van der Waals surface area contributed by atoms with E-state index in [2.05, 4.69) is 11.4 Å². The lowest BCUT2D eigenvalue weighted by Crippen LogP contribution is -2.41. The molecule has 0 spiro atoms. The van der Waals surface area contributed by atoms with E-state index in [-0.39, 0.29) is 17.7 Å². The van der Waals surface area contributed by atoms with Gasteiger partial charge in [0.2, 0.25) is 5.91 Å². The van der Waals surface area contributed by atoms with E-state index in [0.717, 1.165) is 5.56 Å². The molecular weight excluding hydrogens is 326 g/mol. The molecule has 26 heavy (non-hydrogen) atoms. The van der Waals surface area contributed by atoms with E-state index in [1.807, 2.05) is 36.1 Å². The number of nitrogens with one attached hydrogen (secondary N) is 1. The third-order valence-electron chi connectivity index (χ3n) is 4.70. The molecule has 1 heterocycles. The average molecular weight is 347 g/mol. The number of carbonyl (C=O) groups excluding carboxylic acids is 2. The molecule has 132 valence electrons. The Balaban J connectivity index is 1.55. The van der Waals surface area contributed by atoms with Gasteiger partial charge in [-0.2, -0.15) is 5.26 Å². The van der Waals surface area contributed by atoms with Crippen molar-refractivity contribution in [2.24, 2.45) is 5.92 Å². The predicted molar refractivity (Wildman–Crippen MR) is 99.6 cm³/mol. The minimum atomic E-state index is -0.104. The number of rotatable bonds is 3. The number of nitriles is 1. The van der Waals surface area contributed by atoms with Gasteiger partial charge in [0.25, 0.3) is 5.91 Å². The van der Waals surface area contributed by atoms with Gasteiger partial charge in [0, 0.05) is 30.3 Å². The molecule has 3 rings (SSSR count). The molecule has 2 aromatic carbocycles. The van der Waals surface area contributed by atoms with Crippen molar-refractivity contribution in [2.75, 3.05) is 18.4 Å². The number of hydrogen-bond acceptors (Lipinski definition) is 3. The smallest absolute Gasteiger partial charge is 0.253 e. The van der Waals surface area contributed by atoms with Crippen molar-refractivity contribution in [3.05, 3.63) is 65.2 Å². The standard InChI is InChI=1S/C21H21N3O2/c1-15-3-2-4-18(13-15)21(26)24-11-9-17(10-12-24)20(25)23-19-7-5-16(14-22)6-8-19/h2-8,13,17H,9-12H2,1H3,(H,23,25). The molecule has 0 aromatic heterocycles. The summed E-state index contributed by atoms with van der Waals surface area (Å²) in [6, 6.07) is 16.5. The van der Waals surface area contributed by atoms with E-state index in [9.17, 15) is 9.59 Å². The van der Waals surface area contributed by atoms with Crippen molar-refractivity contribution in [1.29, 1.82) is 5.26 Å². The summed E-state index contributed by atoms with van der Waals surface area (Å²) in [6.45, 7) is 3.13. The van der Waals surface area contributed by atoms with Crippen molar-refractivity contribution in [1.82, 2.24) is 4.90 Å². The van der Waals surface area contributed by atoms with Gasteiger partial charge in [-0.15, -0.1) is 0 Å². The number of carbonyl (C=O) groups is 2. The summed E-state index contributed by atoms with van der Waals surface area (Å²) in [4.78, 5) is 26.8. The van der Waals surface area contributed by atoms with Crippen LogP contribution in [0.25, 0.3) is 0 Å². The van der Waals surface area contributed by atoms with E-state index in [1.165, 1.54) is 0 Å². The van der Waals surface area contributed by atoms with E-state index in [4.69, 9.17) is 5.26 Å². The van der Waals surface area contributed by atoms with Gasteiger partial charge >= 0.3 is 0 Å². The summed E-state index contributed by atoms with van der Waals surface area (Å²) in [7, 11) is 0. The molecule has 2 amide bonds. The molecule has 1 N–H and O–H groups in total. The molecule has 5 heteroatoms. The summed E-state index contributed by atoms with van der Waals surface area (Å²) in [5.41, 5.74) is 3.01. The fraction of sp³-hybridized carbons (Fsp3) is 0.286. The maximum absolute atomic E-state index is 12.6. The third-order valence-corrected chi connectivity index (χ3v) is 4.70. The summed E-state index contributed by atoms with van der Waals surface area (Å²) in [5.74, 6) is -0.107. The van der Waals surface area contributed by atoms with Crippen molar-refractivity contribution in [3.63, 3.8) is 0 Å². The van der Waals surface area contributed by atoms with Gasteiger partial charge in [-0.05, 0) is 56.2 Å². The zero-order valence-electron chi connectivity index (χ0n) is 14.7. The van der Waals surface area contributed by atoms with Crippen LogP contribution >= 0.6 is 0 Å². The highest BCUT2D eigenvalue weighted by molar-refractivity contribution is 5.95. The molecule has 0 atom stereocenters. The molecule has 2 aromatic rings. The highest BCUT2D eigenvalue weighted by atomic mass is 16.2. The summed E-state index contributed by atoms with van der Waals surface area (Å²) in [6.07, 6.45) is 1.30. The SMILES string of the molecule is Cc1cccc(C(=O)N2CCC(C(=O)Nc3ccc(C#N)cc3)CC2)c1. The lowest BCUT2D eigenvalue weighted by Gasteiger charge is -2.31. The minimum Gasteiger partial charge on any atom is -0.339 e. The third kappa shape index (κ3) is 4.09. The Hall–Kier alpha value is -3.13. The first-order chi connectivity index (χ1) is 12.6.